The van der Waals surface area contributed by atoms with Gasteiger partial charge < -0.3 is 20.1 Å². The van der Waals surface area contributed by atoms with Crippen LogP contribution in [0.3, 0.4) is 0 Å². The molecule has 1 aromatic carbocycles. The Balaban J connectivity index is 1.91. The Morgan fingerprint density at radius 3 is 2.90 bits per heavy atom. The van der Waals surface area contributed by atoms with Gasteiger partial charge in [0.05, 0.1) is 13.0 Å². The van der Waals surface area contributed by atoms with Crippen LogP contribution < -0.4 is 10.1 Å². The monoisotopic (exact) mass is 356 g/mol. The van der Waals surface area contributed by atoms with E-state index in [2.05, 4.69) is 21.2 Å². The molecule has 0 aliphatic carbocycles. The second-order valence-electron chi connectivity index (χ2n) is 4.88. The molecular weight excluding hydrogens is 340 g/mol. The predicted octanol–water partition coefficient (Wildman–Crippen LogP) is 2.07. The van der Waals surface area contributed by atoms with Gasteiger partial charge in [-0.05, 0) is 18.6 Å². The normalized spacial score (nSPS) is 17.6. The molecule has 1 unspecified atom stereocenters. The van der Waals surface area contributed by atoms with Crippen molar-refractivity contribution in [3.63, 3.8) is 0 Å². The number of carboxylic acids is 1. The van der Waals surface area contributed by atoms with E-state index in [-0.39, 0.29) is 12.6 Å². The molecule has 2 amide bonds. The molecule has 0 saturated carbocycles. The number of carboxylic acid groups (broad SMARTS) is 1. The standard InChI is InChI=1S/C14H17BrN2O4/c1-21-12-6-11(15)3-2-9(12)7-16-14(20)17-5-4-10(8-17)13(18)19/h2-3,6,10H,4-5,7-8H2,1H3,(H,16,20)(H,18,19). The van der Waals surface area contributed by atoms with Gasteiger partial charge in [0.25, 0.3) is 0 Å². The van der Waals surface area contributed by atoms with Crippen LogP contribution in [0.1, 0.15) is 12.0 Å². The lowest BCUT2D eigenvalue weighted by atomic mass is 10.1. The Morgan fingerprint density at radius 1 is 1.52 bits per heavy atom. The van der Waals surface area contributed by atoms with Gasteiger partial charge >= 0.3 is 12.0 Å². The van der Waals surface area contributed by atoms with Crippen LogP contribution in [0.15, 0.2) is 22.7 Å². The van der Waals surface area contributed by atoms with Gasteiger partial charge in [-0.1, -0.05) is 22.0 Å². The molecule has 0 bridgehead atoms. The van der Waals surface area contributed by atoms with Crippen LogP contribution in [0.25, 0.3) is 0 Å². The molecule has 0 spiro atoms. The van der Waals surface area contributed by atoms with Crippen LogP contribution in [0, 0.1) is 5.92 Å². The maximum Gasteiger partial charge on any atom is 0.317 e. The van der Waals surface area contributed by atoms with E-state index < -0.39 is 11.9 Å². The van der Waals surface area contributed by atoms with E-state index in [9.17, 15) is 9.59 Å². The fourth-order valence-corrected chi connectivity index (χ4v) is 2.63. The van der Waals surface area contributed by atoms with Crippen LogP contribution in [0.4, 0.5) is 4.79 Å². The third-order valence-electron chi connectivity index (χ3n) is 3.50. The van der Waals surface area contributed by atoms with Crippen molar-refractivity contribution in [2.45, 2.75) is 13.0 Å². The maximum atomic E-state index is 12.0. The Morgan fingerprint density at radius 2 is 2.29 bits per heavy atom. The molecular formula is C14H17BrN2O4. The summed E-state index contributed by atoms with van der Waals surface area (Å²) >= 11 is 3.36. The molecule has 0 aromatic heterocycles. The molecule has 6 nitrogen and oxygen atoms in total. The second-order valence-corrected chi connectivity index (χ2v) is 5.80. The number of nitrogens with one attached hydrogen (secondary N) is 1. The van der Waals surface area contributed by atoms with Gasteiger partial charge in [-0.2, -0.15) is 0 Å². The van der Waals surface area contributed by atoms with Gasteiger partial charge in [0.1, 0.15) is 5.75 Å². The Hall–Kier alpha value is -1.76. The molecule has 1 heterocycles. The molecule has 1 aliphatic heterocycles. The van der Waals surface area contributed by atoms with Gasteiger partial charge in [0.15, 0.2) is 0 Å². The number of hydrogen-bond acceptors (Lipinski definition) is 3. The highest BCUT2D eigenvalue weighted by molar-refractivity contribution is 9.10. The SMILES string of the molecule is COc1cc(Br)ccc1CNC(=O)N1CCC(C(=O)O)C1. The lowest BCUT2D eigenvalue weighted by Gasteiger charge is -2.17. The molecule has 2 rings (SSSR count). The minimum Gasteiger partial charge on any atom is -0.496 e. The van der Waals surface area contributed by atoms with E-state index in [0.717, 1.165) is 10.0 Å². The largest absolute Gasteiger partial charge is 0.496 e. The average molecular weight is 357 g/mol. The number of benzene rings is 1. The summed E-state index contributed by atoms with van der Waals surface area (Å²) in [4.78, 5) is 24.4. The number of hydrogen-bond donors (Lipinski definition) is 2. The third kappa shape index (κ3) is 3.87. The second kappa shape index (κ2) is 6.80. The zero-order valence-electron chi connectivity index (χ0n) is 11.6. The van der Waals surface area contributed by atoms with Gasteiger partial charge in [-0.15, -0.1) is 0 Å². The fourth-order valence-electron chi connectivity index (χ4n) is 2.29. The molecule has 1 aliphatic rings. The summed E-state index contributed by atoms with van der Waals surface area (Å²) in [5.41, 5.74) is 0.864. The summed E-state index contributed by atoms with van der Waals surface area (Å²) in [6, 6.07) is 5.33. The first-order valence-electron chi connectivity index (χ1n) is 6.59. The lowest BCUT2D eigenvalue weighted by molar-refractivity contribution is -0.141. The van der Waals surface area contributed by atoms with Crippen molar-refractivity contribution in [2.75, 3.05) is 20.2 Å². The van der Waals surface area contributed by atoms with E-state index in [4.69, 9.17) is 9.84 Å². The number of nitrogens with zero attached hydrogens (tertiary/aromatic N) is 1. The van der Waals surface area contributed by atoms with Crippen molar-refractivity contribution in [3.8, 4) is 5.75 Å². The van der Waals surface area contributed by atoms with E-state index in [1.54, 1.807) is 7.11 Å². The first-order chi connectivity index (χ1) is 10.0. The smallest absolute Gasteiger partial charge is 0.317 e. The van der Waals surface area contributed by atoms with E-state index >= 15 is 0 Å². The van der Waals surface area contributed by atoms with Crippen LogP contribution in [0.2, 0.25) is 0 Å². The number of carbonyl (C=O) groups excluding carboxylic acids is 1. The summed E-state index contributed by atoms with van der Waals surface area (Å²) in [6.07, 6.45) is 0.504. The van der Waals surface area contributed by atoms with Crippen LogP contribution in [-0.4, -0.2) is 42.2 Å². The average Bonchev–Trinajstić information content (AvgIpc) is 2.95. The molecule has 0 radical (unpaired) electrons. The highest BCUT2D eigenvalue weighted by Crippen LogP contribution is 2.23. The Labute approximate surface area is 131 Å². The van der Waals surface area contributed by atoms with Crippen LogP contribution >= 0.6 is 15.9 Å². The highest BCUT2D eigenvalue weighted by Gasteiger charge is 2.30. The molecule has 1 atom stereocenters. The Kier molecular flexibility index (Phi) is 5.06. The van der Waals surface area contributed by atoms with Gasteiger partial charge in [0.2, 0.25) is 0 Å². The quantitative estimate of drug-likeness (QED) is 0.865. The van der Waals surface area contributed by atoms with Gasteiger partial charge in [0, 0.05) is 29.7 Å². The number of halogens is 1. The summed E-state index contributed by atoms with van der Waals surface area (Å²) in [5, 5.41) is 11.7. The summed E-state index contributed by atoms with van der Waals surface area (Å²) in [6.45, 7) is 1.07. The number of urea groups is 1. The minimum atomic E-state index is -0.847. The van der Waals surface area contributed by atoms with Crippen molar-refractivity contribution in [3.05, 3.63) is 28.2 Å². The van der Waals surface area contributed by atoms with Crippen molar-refractivity contribution < 1.29 is 19.4 Å². The van der Waals surface area contributed by atoms with E-state index in [1.165, 1.54) is 4.90 Å². The highest BCUT2D eigenvalue weighted by atomic mass is 79.9. The van der Waals surface area contributed by atoms with Crippen molar-refractivity contribution >= 4 is 27.9 Å². The molecule has 1 saturated heterocycles. The molecule has 1 fully saturated rings. The van der Waals surface area contributed by atoms with Crippen molar-refractivity contribution in [1.29, 1.82) is 0 Å². The van der Waals surface area contributed by atoms with Crippen LogP contribution in [-0.2, 0) is 11.3 Å². The topological polar surface area (TPSA) is 78.9 Å². The molecule has 7 heteroatoms. The number of carbonyl (C=O) groups is 2. The first kappa shape index (κ1) is 15.6. The van der Waals surface area contributed by atoms with Crippen molar-refractivity contribution in [2.24, 2.45) is 5.92 Å². The number of likely N-dealkylation sites (tertiary alicyclic amines) is 1. The lowest BCUT2D eigenvalue weighted by Crippen LogP contribution is -2.38. The number of ether oxygens (including phenoxy) is 1. The fraction of sp³-hybridized carbons (Fsp3) is 0.429. The number of aliphatic carboxylic acids is 1. The Bertz CT molecular complexity index is 550. The summed E-state index contributed by atoms with van der Waals surface area (Å²) in [7, 11) is 1.57. The van der Waals surface area contributed by atoms with Crippen LogP contribution in [0.5, 0.6) is 5.75 Å². The maximum absolute atomic E-state index is 12.0. The third-order valence-corrected chi connectivity index (χ3v) is 4.00. The van der Waals surface area contributed by atoms with Crippen molar-refractivity contribution in [1.82, 2.24) is 10.2 Å². The molecule has 114 valence electrons. The van der Waals surface area contributed by atoms with Gasteiger partial charge in [-0.3, -0.25) is 4.79 Å². The van der Waals surface area contributed by atoms with E-state index in [0.29, 0.717) is 25.3 Å². The van der Waals surface area contributed by atoms with Gasteiger partial charge in [-0.25, -0.2) is 4.79 Å². The number of methoxy groups -OCH3 is 1. The summed E-state index contributed by atoms with van der Waals surface area (Å²) in [5.74, 6) is -0.618. The number of amides is 2. The first-order valence-corrected chi connectivity index (χ1v) is 7.38. The predicted molar refractivity (Wildman–Crippen MR) is 80.2 cm³/mol. The number of rotatable bonds is 4. The minimum absolute atomic E-state index is 0.247. The summed E-state index contributed by atoms with van der Waals surface area (Å²) < 4.78 is 6.16. The molecule has 1 aromatic rings. The molecule has 2 N–H and O–H groups in total. The zero-order chi connectivity index (χ0) is 15.4. The zero-order valence-corrected chi connectivity index (χ0v) is 13.2. The van der Waals surface area contributed by atoms with E-state index in [1.807, 2.05) is 18.2 Å². The molecule has 21 heavy (non-hydrogen) atoms.